The largest absolute Gasteiger partial charge is 0.478 e. The van der Waals surface area contributed by atoms with Gasteiger partial charge in [-0.3, -0.25) is 0 Å². The molecule has 1 aliphatic rings. The summed E-state index contributed by atoms with van der Waals surface area (Å²) in [6, 6.07) is 1.49. The molecule has 0 unspecified atom stereocenters. The van der Waals surface area contributed by atoms with Gasteiger partial charge in [0.05, 0.1) is 12.8 Å². The van der Waals surface area contributed by atoms with Crippen molar-refractivity contribution in [3.63, 3.8) is 0 Å². The highest BCUT2D eigenvalue weighted by Gasteiger charge is 2.44. The van der Waals surface area contributed by atoms with Gasteiger partial charge in [-0.1, -0.05) is 13.8 Å². The molecule has 0 radical (unpaired) electrons. The first-order valence-corrected chi connectivity index (χ1v) is 6.05. The summed E-state index contributed by atoms with van der Waals surface area (Å²) in [6.07, 6.45) is 3.96. The fourth-order valence-corrected chi connectivity index (χ4v) is 2.21. The second kappa shape index (κ2) is 4.53. The van der Waals surface area contributed by atoms with Gasteiger partial charge in [-0.15, -0.1) is 0 Å². The Labute approximate surface area is 101 Å². The Hall–Kier alpha value is -1.29. The number of hydrogen-bond acceptors (Lipinski definition) is 3. The Kier molecular flexibility index (Phi) is 3.24. The smallest absolute Gasteiger partial charge is 0.339 e. The van der Waals surface area contributed by atoms with E-state index in [9.17, 15) is 4.79 Å². The number of carbonyl (C=O) groups is 1. The molecule has 1 saturated carbocycles. The zero-order chi connectivity index (χ0) is 12.5. The van der Waals surface area contributed by atoms with Gasteiger partial charge in [0.2, 0.25) is 0 Å². The molecule has 0 saturated heterocycles. The highest BCUT2D eigenvalue weighted by molar-refractivity contribution is 5.88. The molecule has 94 valence electrons. The van der Waals surface area contributed by atoms with Crippen LogP contribution in [-0.2, 0) is 6.54 Å². The summed E-state index contributed by atoms with van der Waals surface area (Å²) in [5, 5.41) is 12.2. The van der Waals surface area contributed by atoms with E-state index >= 15 is 0 Å². The monoisotopic (exact) mass is 237 g/mol. The van der Waals surface area contributed by atoms with Crippen molar-refractivity contribution in [3.05, 3.63) is 23.7 Å². The van der Waals surface area contributed by atoms with Crippen molar-refractivity contribution in [2.45, 2.75) is 33.2 Å². The average molecular weight is 237 g/mol. The minimum atomic E-state index is -0.930. The quantitative estimate of drug-likeness (QED) is 0.798. The standard InChI is InChI=1S/C13H19NO3/c1-9(2)13(4-5-13)8-14-7-11-10(12(15)16)3-6-17-11/h3,6,9,14H,4-5,7-8H2,1-2H3,(H,15,16). The number of aromatic carboxylic acids is 1. The molecular formula is C13H19NO3. The van der Waals surface area contributed by atoms with Gasteiger partial charge in [0, 0.05) is 6.54 Å². The van der Waals surface area contributed by atoms with Gasteiger partial charge in [-0.05, 0) is 30.2 Å². The van der Waals surface area contributed by atoms with E-state index < -0.39 is 5.97 Å². The van der Waals surface area contributed by atoms with Crippen molar-refractivity contribution < 1.29 is 14.3 Å². The first kappa shape index (κ1) is 12.2. The molecule has 0 atom stereocenters. The van der Waals surface area contributed by atoms with Crippen molar-refractivity contribution in [1.29, 1.82) is 0 Å². The van der Waals surface area contributed by atoms with Crippen molar-refractivity contribution >= 4 is 5.97 Å². The van der Waals surface area contributed by atoms with E-state index in [4.69, 9.17) is 9.52 Å². The number of carboxylic acid groups (broad SMARTS) is 1. The molecular weight excluding hydrogens is 218 g/mol. The molecule has 1 heterocycles. The number of carboxylic acids is 1. The lowest BCUT2D eigenvalue weighted by Crippen LogP contribution is -2.27. The first-order valence-electron chi connectivity index (χ1n) is 6.05. The lowest BCUT2D eigenvalue weighted by Gasteiger charge is -2.19. The molecule has 2 N–H and O–H groups in total. The van der Waals surface area contributed by atoms with Crippen LogP contribution in [0.4, 0.5) is 0 Å². The Morgan fingerprint density at radius 1 is 1.59 bits per heavy atom. The summed E-state index contributed by atoms with van der Waals surface area (Å²) in [4.78, 5) is 10.9. The maximum atomic E-state index is 10.9. The van der Waals surface area contributed by atoms with Crippen LogP contribution >= 0.6 is 0 Å². The minimum absolute atomic E-state index is 0.256. The van der Waals surface area contributed by atoms with E-state index in [1.54, 1.807) is 0 Å². The predicted octanol–water partition coefficient (Wildman–Crippen LogP) is 2.50. The fourth-order valence-electron chi connectivity index (χ4n) is 2.21. The third-order valence-electron chi connectivity index (χ3n) is 3.86. The molecule has 0 spiro atoms. The zero-order valence-corrected chi connectivity index (χ0v) is 10.3. The lowest BCUT2D eigenvalue weighted by atomic mass is 9.92. The number of hydrogen-bond donors (Lipinski definition) is 2. The van der Waals surface area contributed by atoms with E-state index in [2.05, 4.69) is 19.2 Å². The molecule has 17 heavy (non-hydrogen) atoms. The Bertz CT molecular complexity index is 405. The highest BCUT2D eigenvalue weighted by Crippen LogP contribution is 2.51. The van der Waals surface area contributed by atoms with E-state index in [1.165, 1.54) is 25.2 Å². The van der Waals surface area contributed by atoms with Gasteiger partial charge >= 0.3 is 5.97 Å². The molecule has 1 aromatic rings. The normalized spacial score (nSPS) is 17.4. The summed E-state index contributed by atoms with van der Waals surface area (Å²) in [7, 11) is 0. The first-order chi connectivity index (χ1) is 8.05. The molecule has 0 aliphatic heterocycles. The maximum absolute atomic E-state index is 10.9. The second-order valence-corrected chi connectivity index (χ2v) is 5.18. The third kappa shape index (κ3) is 2.52. The zero-order valence-electron chi connectivity index (χ0n) is 10.3. The molecule has 0 amide bonds. The van der Waals surface area contributed by atoms with Gasteiger partial charge in [0.1, 0.15) is 11.3 Å². The van der Waals surface area contributed by atoms with Crippen LogP contribution in [0.5, 0.6) is 0 Å². The molecule has 0 aromatic carbocycles. The number of furan rings is 1. The van der Waals surface area contributed by atoms with Crippen molar-refractivity contribution in [2.75, 3.05) is 6.54 Å². The maximum Gasteiger partial charge on any atom is 0.339 e. The van der Waals surface area contributed by atoms with Crippen LogP contribution in [0.3, 0.4) is 0 Å². The van der Waals surface area contributed by atoms with E-state index in [0.717, 1.165) is 6.54 Å². The Balaban J connectivity index is 1.86. The summed E-state index contributed by atoms with van der Waals surface area (Å²) in [6.45, 7) is 5.90. The number of nitrogens with one attached hydrogen (secondary N) is 1. The summed E-state index contributed by atoms with van der Waals surface area (Å²) in [5.74, 6) is 0.253. The highest BCUT2D eigenvalue weighted by atomic mass is 16.4. The van der Waals surface area contributed by atoms with Crippen LogP contribution in [0, 0.1) is 11.3 Å². The van der Waals surface area contributed by atoms with Crippen LogP contribution in [-0.4, -0.2) is 17.6 Å². The van der Waals surface area contributed by atoms with Gasteiger partial charge in [-0.25, -0.2) is 4.79 Å². The van der Waals surface area contributed by atoms with Crippen LogP contribution < -0.4 is 5.32 Å². The molecule has 1 fully saturated rings. The van der Waals surface area contributed by atoms with Gasteiger partial charge in [0.15, 0.2) is 0 Å². The van der Waals surface area contributed by atoms with Crippen LogP contribution in [0.25, 0.3) is 0 Å². The van der Waals surface area contributed by atoms with Crippen LogP contribution in [0.1, 0.15) is 42.8 Å². The average Bonchev–Trinajstić information content (AvgIpc) is 2.89. The summed E-state index contributed by atoms with van der Waals surface area (Å²) >= 11 is 0. The summed E-state index contributed by atoms with van der Waals surface area (Å²) < 4.78 is 5.18. The van der Waals surface area contributed by atoms with Gasteiger partial charge in [-0.2, -0.15) is 0 Å². The molecule has 4 nitrogen and oxygen atoms in total. The van der Waals surface area contributed by atoms with Crippen molar-refractivity contribution in [3.8, 4) is 0 Å². The lowest BCUT2D eigenvalue weighted by molar-refractivity contribution is 0.0694. The molecule has 2 rings (SSSR count). The second-order valence-electron chi connectivity index (χ2n) is 5.18. The SMILES string of the molecule is CC(C)C1(CNCc2occc2C(=O)O)CC1. The van der Waals surface area contributed by atoms with Crippen molar-refractivity contribution in [1.82, 2.24) is 5.32 Å². The van der Waals surface area contributed by atoms with Crippen molar-refractivity contribution in [2.24, 2.45) is 11.3 Å². The van der Waals surface area contributed by atoms with Crippen LogP contribution in [0.15, 0.2) is 16.7 Å². The minimum Gasteiger partial charge on any atom is -0.478 e. The molecule has 4 heteroatoms. The van der Waals surface area contributed by atoms with Gasteiger partial charge in [0.25, 0.3) is 0 Å². The van der Waals surface area contributed by atoms with E-state index in [1.807, 2.05) is 0 Å². The predicted molar refractivity (Wildman–Crippen MR) is 63.9 cm³/mol. The summed E-state index contributed by atoms with van der Waals surface area (Å²) in [5.41, 5.74) is 0.683. The Morgan fingerprint density at radius 3 is 2.82 bits per heavy atom. The molecule has 1 aromatic heterocycles. The topological polar surface area (TPSA) is 62.5 Å². The third-order valence-corrected chi connectivity index (χ3v) is 3.86. The Morgan fingerprint density at radius 2 is 2.29 bits per heavy atom. The van der Waals surface area contributed by atoms with E-state index in [-0.39, 0.29) is 5.56 Å². The van der Waals surface area contributed by atoms with Gasteiger partial charge < -0.3 is 14.8 Å². The van der Waals surface area contributed by atoms with Crippen LogP contribution in [0.2, 0.25) is 0 Å². The fraction of sp³-hybridized carbons (Fsp3) is 0.615. The molecule has 0 bridgehead atoms. The molecule has 1 aliphatic carbocycles. The van der Waals surface area contributed by atoms with E-state index in [0.29, 0.717) is 23.6 Å². The number of rotatable bonds is 6.